The molecule has 0 spiro atoms. The summed E-state index contributed by atoms with van der Waals surface area (Å²) >= 11 is 0. The number of fused-ring (bicyclic) bond motifs is 1. The van der Waals surface area contributed by atoms with Gasteiger partial charge in [0.25, 0.3) is 0 Å². The SMILES string of the molecule is COc1ccc(F)cc1C(C)(C)CC(O)(Cc1cc2nc(C(=O)C(C)C)ccc2[nH]1)C(F)(F)F. The molecular weight excluding hydrogens is 452 g/mol. The highest BCUT2D eigenvalue weighted by Crippen LogP contribution is 2.45. The number of nitrogens with zero attached hydrogens (tertiary/aromatic N) is 1. The number of Topliss-reactive ketones (excluding diaryl/α,β-unsaturated/α-hetero) is 1. The molecule has 2 heterocycles. The highest BCUT2D eigenvalue weighted by atomic mass is 19.4. The molecule has 2 aromatic heterocycles. The fourth-order valence-electron chi connectivity index (χ4n) is 4.21. The van der Waals surface area contributed by atoms with Crippen molar-refractivity contribution in [3.63, 3.8) is 0 Å². The summed E-state index contributed by atoms with van der Waals surface area (Å²) in [7, 11) is 1.35. The number of aromatic amines is 1. The van der Waals surface area contributed by atoms with Gasteiger partial charge in [-0.15, -0.1) is 0 Å². The van der Waals surface area contributed by atoms with Crippen LogP contribution in [0.2, 0.25) is 0 Å². The Kier molecular flexibility index (Phi) is 6.81. The minimum atomic E-state index is -4.98. The summed E-state index contributed by atoms with van der Waals surface area (Å²) in [6, 6.07) is 8.12. The largest absolute Gasteiger partial charge is 0.496 e. The van der Waals surface area contributed by atoms with Crippen LogP contribution >= 0.6 is 0 Å². The number of halogens is 4. The van der Waals surface area contributed by atoms with Crippen molar-refractivity contribution < 1.29 is 32.2 Å². The smallest absolute Gasteiger partial charge is 0.417 e. The van der Waals surface area contributed by atoms with E-state index in [1.165, 1.54) is 39.2 Å². The number of nitrogens with one attached hydrogen (secondary N) is 1. The Morgan fingerprint density at radius 3 is 2.41 bits per heavy atom. The van der Waals surface area contributed by atoms with E-state index < -0.39 is 35.9 Å². The van der Waals surface area contributed by atoms with Crippen LogP contribution in [0.4, 0.5) is 17.6 Å². The van der Waals surface area contributed by atoms with Crippen molar-refractivity contribution in [3.05, 3.63) is 59.2 Å². The Hall–Kier alpha value is -2.94. The minimum absolute atomic E-state index is 0.110. The van der Waals surface area contributed by atoms with Crippen LogP contribution < -0.4 is 4.74 Å². The average Bonchev–Trinajstić information content (AvgIpc) is 3.12. The molecule has 0 radical (unpaired) electrons. The average molecular weight is 481 g/mol. The maximum Gasteiger partial charge on any atom is 0.417 e. The molecule has 0 aliphatic carbocycles. The lowest BCUT2D eigenvalue weighted by atomic mass is 9.73. The summed E-state index contributed by atoms with van der Waals surface area (Å²) < 4.78 is 61.7. The fraction of sp³-hybridized carbons (Fsp3) is 0.440. The Morgan fingerprint density at radius 1 is 1.15 bits per heavy atom. The van der Waals surface area contributed by atoms with Gasteiger partial charge < -0.3 is 14.8 Å². The zero-order valence-electron chi connectivity index (χ0n) is 19.7. The van der Waals surface area contributed by atoms with E-state index in [-0.39, 0.29) is 34.4 Å². The van der Waals surface area contributed by atoms with E-state index in [9.17, 15) is 27.5 Å². The van der Waals surface area contributed by atoms with Crippen molar-refractivity contribution in [2.24, 2.45) is 5.92 Å². The topological polar surface area (TPSA) is 75.2 Å². The molecule has 0 amide bonds. The number of pyridine rings is 1. The summed E-state index contributed by atoms with van der Waals surface area (Å²) in [4.78, 5) is 19.3. The molecule has 0 aliphatic rings. The van der Waals surface area contributed by atoms with Crippen molar-refractivity contribution in [1.29, 1.82) is 0 Å². The van der Waals surface area contributed by atoms with Crippen LogP contribution in [-0.2, 0) is 11.8 Å². The number of aliphatic hydroxyl groups is 1. The Balaban J connectivity index is 1.98. The number of alkyl halides is 3. The lowest BCUT2D eigenvalue weighted by Crippen LogP contribution is -2.51. The van der Waals surface area contributed by atoms with Crippen LogP contribution in [0.15, 0.2) is 36.4 Å². The molecule has 0 bridgehead atoms. The number of hydrogen-bond donors (Lipinski definition) is 2. The first-order chi connectivity index (χ1) is 15.7. The van der Waals surface area contributed by atoms with Gasteiger partial charge in [0.05, 0.1) is 18.1 Å². The number of H-pyrrole nitrogens is 1. The van der Waals surface area contributed by atoms with Gasteiger partial charge in [0.2, 0.25) is 0 Å². The maximum atomic E-state index is 14.2. The van der Waals surface area contributed by atoms with Gasteiger partial charge in [0, 0.05) is 23.6 Å². The molecule has 1 atom stereocenters. The van der Waals surface area contributed by atoms with Gasteiger partial charge in [-0.3, -0.25) is 4.79 Å². The third kappa shape index (κ3) is 5.09. The van der Waals surface area contributed by atoms with Gasteiger partial charge in [0.15, 0.2) is 11.4 Å². The van der Waals surface area contributed by atoms with Crippen molar-refractivity contribution in [3.8, 4) is 5.75 Å². The first-order valence-corrected chi connectivity index (χ1v) is 10.8. The van der Waals surface area contributed by atoms with Gasteiger partial charge >= 0.3 is 6.18 Å². The number of carbonyl (C=O) groups excluding carboxylic acids is 1. The second-order valence-electron chi connectivity index (χ2n) is 9.55. The predicted molar refractivity (Wildman–Crippen MR) is 121 cm³/mol. The summed E-state index contributed by atoms with van der Waals surface area (Å²) in [5.74, 6) is -0.844. The van der Waals surface area contributed by atoms with Crippen LogP contribution in [0.25, 0.3) is 11.0 Å². The number of benzene rings is 1. The van der Waals surface area contributed by atoms with Crippen LogP contribution in [-0.4, -0.2) is 39.7 Å². The third-order valence-corrected chi connectivity index (χ3v) is 5.94. The molecule has 34 heavy (non-hydrogen) atoms. The van der Waals surface area contributed by atoms with Gasteiger partial charge in [-0.25, -0.2) is 9.37 Å². The van der Waals surface area contributed by atoms with E-state index in [1.807, 2.05) is 0 Å². The van der Waals surface area contributed by atoms with Crippen molar-refractivity contribution in [2.75, 3.05) is 7.11 Å². The van der Waals surface area contributed by atoms with Crippen molar-refractivity contribution in [1.82, 2.24) is 9.97 Å². The minimum Gasteiger partial charge on any atom is -0.496 e. The Labute approximate surface area is 195 Å². The van der Waals surface area contributed by atoms with E-state index in [2.05, 4.69) is 9.97 Å². The standard InChI is InChI=1S/C25H28F4N2O3/c1-14(2)22(32)19-8-7-18-20(31-19)11-16(30-18)12-24(33,25(27,28)29)13-23(3,4)17-10-15(26)6-9-21(17)34-5/h6-11,14,30,33H,12-13H2,1-5H3. The highest BCUT2D eigenvalue weighted by Gasteiger charge is 2.56. The molecule has 1 unspecified atom stereocenters. The van der Waals surface area contributed by atoms with Crippen LogP contribution in [0.5, 0.6) is 5.75 Å². The molecule has 0 saturated heterocycles. The molecule has 5 nitrogen and oxygen atoms in total. The molecule has 1 aromatic carbocycles. The highest BCUT2D eigenvalue weighted by molar-refractivity contribution is 5.97. The molecule has 9 heteroatoms. The molecule has 2 N–H and O–H groups in total. The van der Waals surface area contributed by atoms with E-state index in [1.54, 1.807) is 19.9 Å². The predicted octanol–water partition coefficient (Wildman–Crippen LogP) is 5.75. The van der Waals surface area contributed by atoms with Gasteiger partial charge in [-0.2, -0.15) is 13.2 Å². The van der Waals surface area contributed by atoms with E-state index >= 15 is 0 Å². The van der Waals surface area contributed by atoms with Crippen molar-refractivity contribution in [2.45, 2.75) is 57.7 Å². The third-order valence-electron chi connectivity index (χ3n) is 5.94. The lowest BCUT2D eigenvalue weighted by molar-refractivity contribution is -0.266. The summed E-state index contributed by atoms with van der Waals surface area (Å²) in [6.45, 7) is 6.46. The fourth-order valence-corrected chi connectivity index (χ4v) is 4.21. The van der Waals surface area contributed by atoms with Gasteiger partial charge in [0.1, 0.15) is 17.3 Å². The summed E-state index contributed by atoms with van der Waals surface area (Å²) in [6.07, 6.45) is -6.50. The Morgan fingerprint density at radius 2 is 1.82 bits per heavy atom. The maximum absolute atomic E-state index is 14.2. The molecule has 0 aliphatic heterocycles. The zero-order valence-corrected chi connectivity index (χ0v) is 19.7. The molecule has 3 aromatic rings. The van der Waals surface area contributed by atoms with E-state index in [0.717, 1.165) is 12.1 Å². The number of ether oxygens (including phenoxy) is 1. The molecular formula is C25H28F4N2O3. The van der Waals surface area contributed by atoms with Crippen LogP contribution in [0.3, 0.4) is 0 Å². The summed E-state index contributed by atoms with van der Waals surface area (Å²) in [5.41, 5.74) is -3.10. The number of methoxy groups -OCH3 is 1. The number of aromatic nitrogens is 2. The molecule has 184 valence electrons. The van der Waals surface area contributed by atoms with Gasteiger partial charge in [-0.1, -0.05) is 27.7 Å². The quantitative estimate of drug-likeness (QED) is 0.318. The molecule has 0 fully saturated rings. The van der Waals surface area contributed by atoms with E-state index in [0.29, 0.717) is 11.0 Å². The second-order valence-corrected chi connectivity index (χ2v) is 9.55. The second kappa shape index (κ2) is 9.02. The number of carbonyl (C=O) groups is 1. The molecule has 3 rings (SSSR count). The van der Waals surface area contributed by atoms with Crippen LogP contribution in [0, 0.1) is 11.7 Å². The Bertz CT molecular complexity index is 1200. The number of ketones is 1. The zero-order chi connectivity index (χ0) is 25.5. The summed E-state index contributed by atoms with van der Waals surface area (Å²) in [5, 5.41) is 10.9. The normalized spacial score (nSPS) is 14.4. The van der Waals surface area contributed by atoms with Crippen LogP contribution in [0.1, 0.15) is 55.9 Å². The monoisotopic (exact) mass is 480 g/mol. The lowest BCUT2D eigenvalue weighted by Gasteiger charge is -2.38. The first-order valence-electron chi connectivity index (χ1n) is 10.8. The number of rotatable bonds is 8. The molecule has 0 saturated carbocycles. The van der Waals surface area contributed by atoms with Gasteiger partial charge in [-0.05, 0) is 48.2 Å². The van der Waals surface area contributed by atoms with Crippen molar-refractivity contribution >= 4 is 16.8 Å². The first kappa shape index (κ1) is 25.7. The van der Waals surface area contributed by atoms with E-state index in [4.69, 9.17) is 4.74 Å². The number of hydrogen-bond acceptors (Lipinski definition) is 4.